The first-order valence-corrected chi connectivity index (χ1v) is 9.47. The van der Waals surface area contributed by atoms with Gasteiger partial charge in [0.1, 0.15) is 12.4 Å². The van der Waals surface area contributed by atoms with Gasteiger partial charge in [0.05, 0.1) is 16.6 Å². The molecular weight excluding hydrogens is 425 g/mol. The molecule has 0 unspecified atom stereocenters. The Morgan fingerprint density at radius 2 is 2.08 bits per heavy atom. The van der Waals surface area contributed by atoms with Crippen LogP contribution >= 0.6 is 27.5 Å². The second-order valence-electron chi connectivity index (χ2n) is 5.71. The molecule has 0 heterocycles. The van der Waals surface area contributed by atoms with Crippen LogP contribution in [0.15, 0.2) is 34.8 Å². The van der Waals surface area contributed by atoms with Crippen molar-refractivity contribution in [2.24, 2.45) is 0 Å². The van der Waals surface area contributed by atoms with Gasteiger partial charge < -0.3 is 19.9 Å². The van der Waals surface area contributed by atoms with E-state index in [1.54, 1.807) is 19.2 Å². The molecule has 0 amide bonds. The molecular formula is C19H22BrClFNO3. The Hall–Kier alpha value is -1.34. The predicted molar refractivity (Wildman–Crippen MR) is 104 cm³/mol. The Kier molecular flexibility index (Phi) is 8.65. The molecule has 7 heteroatoms. The van der Waals surface area contributed by atoms with Gasteiger partial charge in [0.2, 0.25) is 0 Å². The molecule has 0 spiro atoms. The van der Waals surface area contributed by atoms with Crippen LogP contribution in [-0.4, -0.2) is 25.4 Å². The van der Waals surface area contributed by atoms with Gasteiger partial charge in [-0.1, -0.05) is 17.7 Å². The fourth-order valence-corrected chi connectivity index (χ4v) is 3.25. The average molecular weight is 447 g/mol. The molecule has 2 rings (SSSR count). The van der Waals surface area contributed by atoms with Crippen molar-refractivity contribution in [1.29, 1.82) is 0 Å². The topological polar surface area (TPSA) is 50.7 Å². The van der Waals surface area contributed by atoms with Crippen LogP contribution in [0, 0.1) is 5.82 Å². The lowest BCUT2D eigenvalue weighted by Crippen LogP contribution is -2.15. The second kappa shape index (κ2) is 10.7. The van der Waals surface area contributed by atoms with Gasteiger partial charge in [-0.15, -0.1) is 0 Å². The van der Waals surface area contributed by atoms with E-state index >= 15 is 0 Å². The fraction of sp³-hybridized carbons (Fsp3) is 0.368. The minimum absolute atomic E-state index is 0.000771. The van der Waals surface area contributed by atoms with Crippen molar-refractivity contribution in [3.05, 3.63) is 56.8 Å². The Balaban J connectivity index is 2.06. The summed E-state index contributed by atoms with van der Waals surface area (Å²) in [6.45, 7) is 1.70. The first-order chi connectivity index (χ1) is 12.6. The number of hydrogen-bond donors (Lipinski definition) is 2. The zero-order chi connectivity index (χ0) is 18.9. The summed E-state index contributed by atoms with van der Waals surface area (Å²) in [6, 6.07) is 8.34. The van der Waals surface area contributed by atoms with Crippen LogP contribution in [0.5, 0.6) is 11.5 Å². The van der Waals surface area contributed by atoms with Crippen molar-refractivity contribution in [2.75, 3.05) is 20.3 Å². The van der Waals surface area contributed by atoms with E-state index in [0.29, 0.717) is 28.6 Å². The second-order valence-corrected chi connectivity index (χ2v) is 6.97. The highest BCUT2D eigenvalue weighted by Gasteiger charge is 2.14. The molecule has 2 aromatic rings. The fourth-order valence-electron chi connectivity index (χ4n) is 2.42. The summed E-state index contributed by atoms with van der Waals surface area (Å²) in [5.74, 6) is 0.645. The third-order valence-corrected chi connectivity index (χ3v) is 4.75. The maximum absolute atomic E-state index is 13.9. The SMILES string of the molecule is COc1cc(CNCCCCO)cc(Br)c1OCc1c(F)cccc1Cl. The summed E-state index contributed by atoms with van der Waals surface area (Å²) >= 11 is 9.53. The normalized spacial score (nSPS) is 10.8. The van der Waals surface area contributed by atoms with E-state index < -0.39 is 5.82 Å². The van der Waals surface area contributed by atoms with E-state index in [-0.39, 0.29) is 13.2 Å². The van der Waals surface area contributed by atoms with Gasteiger partial charge >= 0.3 is 0 Å². The number of aliphatic hydroxyl groups excluding tert-OH is 1. The number of hydrogen-bond acceptors (Lipinski definition) is 4. The van der Waals surface area contributed by atoms with Gasteiger partial charge in [-0.25, -0.2) is 4.39 Å². The molecule has 2 aromatic carbocycles. The number of halogens is 3. The molecule has 0 aliphatic carbocycles. The van der Waals surface area contributed by atoms with Crippen LogP contribution in [-0.2, 0) is 13.2 Å². The molecule has 142 valence electrons. The highest BCUT2D eigenvalue weighted by atomic mass is 79.9. The Morgan fingerprint density at radius 3 is 2.77 bits per heavy atom. The van der Waals surface area contributed by atoms with E-state index in [1.807, 2.05) is 12.1 Å². The predicted octanol–water partition coefficient (Wildman–Crippen LogP) is 4.69. The number of benzene rings is 2. The highest BCUT2D eigenvalue weighted by molar-refractivity contribution is 9.10. The van der Waals surface area contributed by atoms with Gasteiger partial charge in [0, 0.05) is 18.7 Å². The molecule has 0 saturated carbocycles. The Labute approximate surface area is 166 Å². The zero-order valence-corrected chi connectivity index (χ0v) is 16.9. The summed E-state index contributed by atoms with van der Waals surface area (Å²) in [4.78, 5) is 0. The van der Waals surface area contributed by atoms with Gasteiger partial charge in [-0.3, -0.25) is 0 Å². The number of aliphatic hydroxyl groups is 1. The number of nitrogens with one attached hydrogen (secondary N) is 1. The summed E-state index contributed by atoms with van der Waals surface area (Å²) in [5, 5.41) is 12.4. The highest BCUT2D eigenvalue weighted by Crippen LogP contribution is 2.37. The maximum atomic E-state index is 13.9. The van der Waals surface area contributed by atoms with Gasteiger partial charge in [-0.05, 0) is 65.1 Å². The summed E-state index contributed by atoms with van der Waals surface area (Å²) in [7, 11) is 1.56. The number of rotatable bonds is 10. The van der Waals surface area contributed by atoms with Crippen molar-refractivity contribution >= 4 is 27.5 Å². The first kappa shape index (κ1) is 21.0. The van der Waals surface area contributed by atoms with Crippen LogP contribution in [0.1, 0.15) is 24.0 Å². The molecule has 0 aliphatic rings. The van der Waals surface area contributed by atoms with Crippen LogP contribution < -0.4 is 14.8 Å². The monoisotopic (exact) mass is 445 g/mol. The number of unbranched alkanes of at least 4 members (excludes halogenated alkanes) is 1. The molecule has 2 N–H and O–H groups in total. The molecule has 0 atom stereocenters. The van der Waals surface area contributed by atoms with Crippen LogP contribution in [0.3, 0.4) is 0 Å². The third kappa shape index (κ3) is 5.84. The molecule has 0 bridgehead atoms. The van der Waals surface area contributed by atoms with E-state index in [0.717, 1.165) is 29.4 Å². The number of methoxy groups -OCH3 is 1. The van der Waals surface area contributed by atoms with E-state index in [4.69, 9.17) is 26.2 Å². The minimum Gasteiger partial charge on any atom is -0.493 e. The molecule has 0 radical (unpaired) electrons. The molecule has 26 heavy (non-hydrogen) atoms. The molecule has 4 nitrogen and oxygen atoms in total. The van der Waals surface area contributed by atoms with E-state index in [1.165, 1.54) is 6.07 Å². The van der Waals surface area contributed by atoms with Crippen molar-refractivity contribution < 1.29 is 19.0 Å². The lowest BCUT2D eigenvalue weighted by molar-refractivity contribution is 0.277. The van der Waals surface area contributed by atoms with Crippen molar-refractivity contribution in [3.63, 3.8) is 0 Å². The van der Waals surface area contributed by atoms with Gasteiger partial charge in [0.15, 0.2) is 11.5 Å². The average Bonchev–Trinajstić information content (AvgIpc) is 2.62. The third-order valence-electron chi connectivity index (χ3n) is 3.80. The zero-order valence-electron chi connectivity index (χ0n) is 14.5. The van der Waals surface area contributed by atoms with E-state index in [2.05, 4.69) is 21.2 Å². The molecule has 0 aliphatic heterocycles. The smallest absolute Gasteiger partial charge is 0.175 e. The van der Waals surface area contributed by atoms with Gasteiger partial charge in [0.25, 0.3) is 0 Å². The van der Waals surface area contributed by atoms with Crippen LogP contribution in [0.2, 0.25) is 5.02 Å². The molecule has 0 saturated heterocycles. The number of ether oxygens (including phenoxy) is 2. The summed E-state index contributed by atoms with van der Waals surface area (Å²) in [6.07, 6.45) is 1.70. The van der Waals surface area contributed by atoms with Gasteiger partial charge in [-0.2, -0.15) is 0 Å². The van der Waals surface area contributed by atoms with Crippen LogP contribution in [0.25, 0.3) is 0 Å². The Morgan fingerprint density at radius 1 is 1.27 bits per heavy atom. The van der Waals surface area contributed by atoms with Crippen molar-refractivity contribution in [1.82, 2.24) is 5.32 Å². The summed E-state index contributed by atoms with van der Waals surface area (Å²) in [5.41, 5.74) is 1.33. The Bertz CT molecular complexity index is 710. The quantitative estimate of drug-likeness (QED) is 0.520. The lowest BCUT2D eigenvalue weighted by Gasteiger charge is -2.15. The lowest BCUT2D eigenvalue weighted by atomic mass is 10.2. The largest absolute Gasteiger partial charge is 0.493 e. The molecule has 0 fully saturated rings. The van der Waals surface area contributed by atoms with Crippen molar-refractivity contribution in [2.45, 2.75) is 26.0 Å². The van der Waals surface area contributed by atoms with Crippen LogP contribution in [0.4, 0.5) is 4.39 Å². The standard InChI is InChI=1S/C19H22BrClFNO3/c1-25-18-10-13(11-23-7-2-3-8-24)9-15(20)19(18)26-12-14-16(21)5-4-6-17(14)22/h4-6,9-10,23-24H,2-3,7-8,11-12H2,1H3. The summed E-state index contributed by atoms with van der Waals surface area (Å²) < 4.78 is 25.8. The van der Waals surface area contributed by atoms with Crippen molar-refractivity contribution in [3.8, 4) is 11.5 Å². The maximum Gasteiger partial charge on any atom is 0.175 e. The first-order valence-electron chi connectivity index (χ1n) is 8.30. The molecule has 0 aromatic heterocycles. The van der Waals surface area contributed by atoms with E-state index in [9.17, 15) is 4.39 Å². The minimum atomic E-state index is -0.406.